The first kappa shape index (κ1) is 9.83. The van der Waals surface area contributed by atoms with Gasteiger partial charge in [0.2, 0.25) is 0 Å². The van der Waals surface area contributed by atoms with Gasteiger partial charge >= 0.3 is 5.97 Å². The Kier molecular flexibility index (Phi) is 2.26. The molecular weight excluding hydrogens is 196 g/mol. The van der Waals surface area contributed by atoms with Crippen molar-refractivity contribution in [3.05, 3.63) is 23.8 Å². The molecule has 15 heavy (non-hydrogen) atoms. The second-order valence-electron chi connectivity index (χ2n) is 3.75. The fourth-order valence-electron chi connectivity index (χ4n) is 1.89. The van der Waals surface area contributed by atoms with Gasteiger partial charge in [-0.1, -0.05) is 12.1 Å². The molecule has 1 heterocycles. The Hall–Kier alpha value is -1.71. The SMILES string of the molecule is CC1CC(C(=O)O)c2cccc(O)c2O1. The van der Waals surface area contributed by atoms with Gasteiger partial charge in [0.1, 0.15) is 0 Å². The Bertz CT molecular complexity index is 400. The molecule has 4 nitrogen and oxygen atoms in total. The maximum Gasteiger partial charge on any atom is 0.311 e. The largest absolute Gasteiger partial charge is 0.504 e. The quantitative estimate of drug-likeness (QED) is 0.737. The van der Waals surface area contributed by atoms with Gasteiger partial charge in [-0.05, 0) is 13.0 Å². The lowest BCUT2D eigenvalue weighted by molar-refractivity contribution is -0.139. The third-order valence-electron chi connectivity index (χ3n) is 2.58. The Morgan fingerprint density at radius 1 is 1.53 bits per heavy atom. The molecule has 0 aliphatic carbocycles. The molecule has 2 N–H and O–H groups in total. The lowest BCUT2D eigenvalue weighted by atomic mass is 9.90. The Morgan fingerprint density at radius 2 is 2.27 bits per heavy atom. The fourth-order valence-corrected chi connectivity index (χ4v) is 1.89. The zero-order chi connectivity index (χ0) is 11.0. The first-order chi connectivity index (χ1) is 7.09. The standard InChI is InChI=1S/C11H12O4/c1-6-5-8(11(13)14)7-3-2-4-9(12)10(7)15-6/h2-4,6,8,12H,5H2,1H3,(H,13,14). The minimum Gasteiger partial charge on any atom is -0.504 e. The number of carboxylic acids is 1. The lowest BCUT2D eigenvalue weighted by Crippen LogP contribution is -2.27. The molecule has 0 spiro atoms. The predicted molar refractivity (Wildman–Crippen MR) is 53.2 cm³/mol. The van der Waals surface area contributed by atoms with E-state index >= 15 is 0 Å². The first-order valence-electron chi connectivity index (χ1n) is 4.81. The van der Waals surface area contributed by atoms with Crippen LogP contribution in [0.25, 0.3) is 0 Å². The summed E-state index contributed by atoms with van der Waals surface area (Å²) >= 11 is 0. The van der Waals surface area contributed by atoms with Crippen molar-refractivity contribution in [2.75, 3.05) is 0 Å². The number of para-hydroxylation sites is 1. The number of aliphatic carboxylic acids is 1. The van der Waals surface area contributed by atoms with Gasteiger partial charge in [0.05, 0.1) is 12.0 Å². The molecule has 0 bridgehead atoms. The summed E-state index contributed by atoms with van der Waals surface area (Å²) in [4.78, 5) is 11.0. The van der Waals surface area contributed by atoms with Crippen molar-refractivity contribution in [3.63, 3.8) is 0 Å². The van der Waals surface area contributed by atoms with Gasteiger partial charge in [-0.2, -0.15) is 0 Å². The third-order valence-corrected chi connectivity index (χ3v) is 2.58. The number of carboxylic acid groups (broad SMARTS) is 1. The van der Waals surface area contributed by atoms with Crippen LogP contribution in [-0.4, -0.2) is 22.3 Å². The van der Waals surface area contributed by atoms with E-state index in [1.54, 1.807) is 19.1 Å². The number of ether oxygens (including phenoxy) is 1. The molecule has 2 unspecified atom stereocenters. The van der Waals surface area contributed by atoms with Crippen LogP contribution in [0.1, 0.15) is 24.8 Å². The molecular formula is C11H12O4. The zero-order valence-electron chi connectivity index (χ0n) is 8.30. The van der Waals surface area contributed by atoms with E-state index in [0.717, 1.165) is 0 Å². The lowest BCUT2D eigenvalue weighted by Gasteiger charge is -2.28. The number of aromatic hydroxyl groups is 1. The van der Waals surface area contributed by atoms with Gasteiger partial charge in [0.15, 0.2) is 11.5 Å². The van der Waals surface area contributed by atoms with E-state index in [1.165, 1.54) is 6.07 Å². The number of rotatable bonds is 1. The molecule has 1 aromatic rings. The molecule has 0 saturated carbocycles. The minimum absolute atomic E-state index is 0.00491. The van der Waals surface area contributed by atoms with Crippen LogP contribution >= 0.6 is 0 Å². The molecule has 2 rings (SSSR count). The number of carbonyl (C=O) groups is 1. The molecule has 0 radical (unpaired) electrons. The molecule has 1 aromatic carbocycles. The van der Waals surface area contributed by atoms with E-state index in [2.05, 4.69) is 0 Å². The first-order valence-corrected chi connectivity index (χ1v) is 4.81. The van der Waals surface area contributed by atoms with Gasteiger partial charge in [0, 0.05) is 12.0 Å². The number of hydrogen-bond donors (Lipinski definition) is 2. The summed E-state index contributed by atoms with van der Waals surface area (Å²) < 4.78 is 5.43. The number of fused-ring (bicyclic) bond motifs is 1. The number of benzene rings is 1. The highest BCUT2D eigenvalue weighted by atomic mass is 16.5. The van der Waals surface area contributed by atoms with E-state index in [9.17, 15) is 9.90 Å². The average Bonchev–Trinajstić information content (AvgIpc) is 2.18. The average molecular weight is 208 g/mol. The van der Waals surface area contributed by atoms with Crippen LogP contribution in [0, 0.1) is 0 Å². The van der Waals surface area contributed by atoms with E-state index in [-0.39, 0.29) is 11.9 Å². The van der Waals surface area contributed by atoms with Gasteiger partial charge in [-0.15, -0.1) is 0 Å². The highest BCUT2D eigenvalue weighted by Crippen LogP contribution is 2.41. The van der Waals surface area contributed by atoms with Crippen LogP contribution in [0.3, 0.4) is 0 Å². The second-order valence-corrected chi connectivity index (χ2v) is 3.75. The topological polar surface area (TPSA) is 66.8 Å². The summed E-state index contributed by atoms with van der Waals surface area (Å²) in [5.41, 5.74) is 0.556. The molecule has 1 aliphatic heterocycles. The van der Waals surface area contributed by atoms with Crippen LogP contribution in [-0.2, 0) is 4.79 Å². The van der Waals surface area contributed by atoms with Crippen LogP contribution < -0.4 is 4.74 Å². The highest BCUT2D eigenvalue weighted by molar-refractivity contribution is 5.78. The predicted octanol–water partition coefficient (Wildman–Crippen LogP) is 1.73. The van der Waals surface area contributed by atoms with Crippen LogP contribution in [0.5, 0.6) is 11.5 Å². The molecule has 0 aromatic heterocycles. The molecule has 0 fully saturated rings. The normalized spacial score (nSPS) is 24.1. The van der Waals surface area contributed by atoms with Crippen molar-refractivity contribution in [2.24, 2.45) is 0 Å². The summed E-state index contributed by atoms with van der Waals surface area (Å²) in [5, 5.41) is 18.6. The van der Waals surface area contributed by atoms with Gasteiger partial charge in [-0.25, -0.2) is 0 Å². The molecule has 1 aliphatic rings. The van der Waals surface area contributed by atoms with Crippen molar-refractivity contribution in [1.29, 1.82) is 0 Å². The van der Waals surface area contributed by atoms with Crippen molar-refractivity contribution < 1.29 is 19.7 Å². The maximum absolute atomic E-state index is 11.0. The number of hydrogen-bond acceptors (Lipinski definition) is 3. The Labute approximate surface area is 87.1 Å². The van der Waals surface area contributed by atoms with E-state index in [1.807, 2.05) is 0 Å². The monoisotopic (exact) mass is 208 g/mol. The van der Waals surface area contributed by atoms with Gasteiger partial charge < -0.3 is 14.9 Å². The summed E-state index contributed by atoms with van der Waals surface area (Å²) in [6.07, 6.45) is 0.248. The molecule has 80 valence electrons. The van der Waals surface area contributed by atoms with Crippen molar-refractivity contribution >= 4 is 5.97 Å². The van der Waals surface area contributed by atoms with Crippen molar-refractivity contribution in [1.82, 2.24) is 0 Å². The third kappa shape index (κ3) is 1.63. The number of phenols is 1. The summed E-state index contributed by atoms with van der Waals surface area (Å²) in [6.45, 7) is 1.80. The van der Waals surface area contributed by atoms with Crippen molar-refractivity contribution in [2.45, 2.75) is 25.4 Å². The van der Waals surface area contributed by atoms with Crippen LogP contribution in [0.2, 0.25) is 0 Å². The molecule has 0 saturated heterocycles. The van der Waals surface area contributed by atoms with Crippen LogP contribution in [0.4, 0.5) is 0 Å². The van der Waals surface area contributed by atoms with E-state index < -0.39 is 11.9 Å². The summed E-state index contributed by atoms with van der Waals surface area (Å²) in [6, 6.07) is 4.80. The maximum atomic E-state index is 11.0. The highest BCUT2D eigenvalue weighted by Gasteiger charge is 2.32. The Morgan fingerprint density at radius 3 is 2.93 bits per heavy atom. The van der Waals surface area contributed by atoms with E-state index in [0.29, 0.717) is 17.7 Å². The Balaban J connectivity index is 2.51. The summed E-state index contributed by atoms with van der Waals surface area (Å²) in [7, 11) is 0. The smallest absolute Gasteiger partial charge is 0.311 e. The minimum atomic E-state index is -0.878. The summed E-state index contributed by atoms with van der Waals surface area (Å²) in [5.74, 6) is -1.15. The van der Waals surface area contributed by atoms with Gasteiger partial charge in [0.25, 0.3) is 0 Å². The van der Waals surface area contributed by atoms with Crippen molar-refractivity contribution in [3.8, 4) is 11.5 Å². The number of phenolic OH excluding ortho intramolecular Hbond substituents is 1. The fraction of sp³-hybridized carbons (Fsp3) is 0.364. The zero-order valence-corrected chi connectivity index (χ0v) is 8.30. The molecule has 2 atom stereocenters. The second kappa shape index (κ2) is 3.46. The van der Waals surface area contributed by atoms with Crippen LogP contribution in [0.15, 0.2) is 18.2 Å². The molecule has 4 heteroatoms. The van der Waals surface area contributed by atoms with E-state index in [4.69, 9.17) is 9.84 Å². The van der Waals surface area contributed by atoms with Gasteiger partial charge in [-0.3, -0.25) is 4.79 Å². The molecule has 0 amide bonds.